The van der Waals surface area contributed by atoms with Gasteiger partial charge in [0.05, 0.1) is 22.3 Å². The van der Waals surface area contributed by atoms with Gasteiger partial charge in [-0.15, -0.1) is 0 Å². The number of hydrogen-bond donors (Lipinski definition) is 1. The van der Waals surface area contributed by atoms with Gasteiger partial charge in [-0.3, -0.25) is 14.4 Å². The van der Waals surface area contributed by atoms with Crippen LogP contribution in [0.5, 0.6) is 0 Å². The molecule has 1 saturated heterocycles. The fourth-order valence-corrected chi connectivity index (χ4v) is 3.37. The molecule has 0 spiro atoms. The molecular weight excluding hydrogens is 290 g/mol. The van der Waals surface area contributed by atoms with Crippen molar-refractivity contribution in [2.45, 2.75) is 59.2 Å². The number of carboxylic acid groups (broad SMARTS) is 1. The van der Waals surface area contributed by atoms with Gasteiger partial charge in [0.2, 0.25) is 0 Å². The van der Waals surface area contributed by atoms with Gasteiger partial charge in [-0.1, -0.05) is 18.5 Å². The molecule has 5 nitrogen and oxygen atoms in total. The third-order valence-electron chi connectivity index (χ3n) is 4.41. The molecule has 2 heterocycles. The Labute approximate surface area is 130 Å². The molecule has 0 saturated carbocycles. The van der Waals surface area contributed by atoms with Crippen molar-refractivity contribution < 1.29 is 9.90 Å². The summed E-state index contributed by atoms with van der Waals surface area (Å²) in [7, 11) is 0. The largest absolute Gasteiger partial charge is 0.481 e. The zero-order chi connectivity index (χ0) is 15.6. The van der Waals surface area contributed by atoms with Crippen LogP contribution in [0.4, 0.5) is 0 Å². The fourth-order valence-electron chi connectivity index (χ4n) is 3.04. The first-order valence-corrected chi connectivity index (χ1v) is 8.06. The Bertz CT molecular complexity index is 515. The fraction of sp³-hybridized carbons (Fsp3) is 0.733. The number of rotatable bonds is 5. The zero-order valence-corrected chi connectivity index (χ0v) is 13.7. The van der Waals surface area contributed by atoms with Crippen LogP contribution < -0.4 is 0 Å². The van der Waals surface area contributed by atoms with Crippen LogP contribution in [0.2, 0.25) is 5.02 Å². The minimum Gasteiger partial charge on any atom is -0.481 e. The highest BCUT2D eigenvalue weighted by Gasteiger charge is 2.30. The SMILES string of the molecule is CCc1nn(CC)c(CN2CCC(C(=O)O)CC2C)c1Cl. The summed E-state index contributed by atoms with van der Waals surface area (Å²) < 4.78 is 1.97. The number of halogens is 1. The van der Waals surface area contributed by atoms with Gasteiger partial charge in [0.15, 0.2) is 0 Å². The maximum atomic E-state index is 11.1. The summed E-state index contributed by atoms with van der Waals surface area (Å²) in [6.45, 7) is 8.55. The van der Waals surface area contributed by atoms with Crippen LogP contribution in [0.25, 0.3) is 0 Å². The van der Waals surface area contributed by atoms with Gasteiger partial charge < -0.3 is 5.11 Å². The molecule has 0 radical (unpaired) electrons. The van der Waals surface area contributed by atoms with E-state index >= 15 is 0 Å². The Morgan fingerprint density at radius 3 is 2.71 bits per heavy atom. The lowest BCUT2D eigenvalue weighted by atomic mass is 9.91. The Hall–Kier alpha value is -1.07. The van der Waals surface area contributed by atoms with E-state index in [1.807, 2.05) is 4.68 Å². The lowest BCUT2D eigenvalue weighted by Crippen LogP contribution is -2.42. The Morgan fingerprint density at radius 2 is 2.19 bits per heavy atom. The molecule has 2 unspecified atom stereocenters. The van der Waals surface area contributed by atoms with Crippen LogP contribution in [-0.4, -0.2) is 38.3 Å². The number of likely N-dealkylation sites (tertiary alicyclic amines) is 1. The first kappa shape index (κ1) is 16.3. The number of piperidine rings is 1. The first-order valence-electron chi connectivity index (χ1n) is 7.68. The molecule has 1 fully saturated rings. The summed E-state index contributed by atoms with van der Waals surface area (Å²) in [5, 5.41) is 14.5. The van der Waals surface area contributed by atoms with E-state index in [1.54, 1.807) is 0 Å². The smallest absolute Gasteiger partial charge is 0.306 e. The normalized spacial score (nSPS) is 23.4. The van der Waals surface area contributed by atoms with E-state index in [4.69, 9.17) is 16.7 Å². The topological polar surface area (TPSA) is 58.4 Å². The van der Waals surface area contributed by atoms with Crippen molar-refractivity contribution in [1.29, 1.82) is 0 Å². The van der Waals surface area contributed by atoms with Gasteiger partial charge >= 0.3 is 5.97 Å². The molecule has 21 heavy (non-hydrogen) atoms. The zero-order valence-electron chi connectivity index (χ0n) is 13.0. The van der Waals surface area contributed by atoms with Crippen molar-refractivity contribution in [3.63, 3.8) is 0 Å². The minimum absolute atomic E-state index is 0.214. The van der Waals surface area contributed by atoms with E-state index in [0.717, 1.165) is 42.5 Å². The third-order valence-corrected chi connectivity index (χ3v) is 4.85. The van der Waals surface area contributed by atoms with E-state index in [9.17, 15) is 4.79 Å². The van der Waals surface area contributed by atoms with Gasteiger partial charge in [0.25, 0.3) is 0 Å². The number of aryl methyl sites for hydroxylation is 2. The average molecular weight is 314 g/mol. The lowest BCUT2D eigenvalue weighted by molar-refractivity contribution is -0.144. The molecule has 1 N–H and O–H groups in total. The molecular formula is C15H24ClN3O2. The molecule has 2 rings (SSSR count). The molecule has 0 aromatic carbocycles. The summed E-state index contributed by atoms with van der Waals surface area (Å²) in [6.07, 6.45) is 2.24. The predicted molar refractivity (Wildman–Crippen MR) is 82.5 cm³/mol. The first-order chi connectivity index (χ1) is 9.97. The molecule has 1 aromatic heterocycles. The van der Waals surface area contributed by atoms with Crippen molar-refractivity contribution in [2.24, 2.45) is 5.92 Å². The number of nitrogens with zero attached hydrogens (tertiary/aromatic N) is 3. The van der Waals surface area contributed by atoms with Crippen LogP contribution in [0.15, 0.2) is 0 Å². The number of carbonyl (C=O) groups is 1. The number of aliphatic carboxylic acids is 1. The summed E-state index contributed by atoms with van der Waals surface area (Å²) in [4.78, 5) is 13.4. The molecule has 6 heteroatoms. The second-order valence-electron chi connectivity index (χ2n) is 5.76. The molecule has 2 atom stereocenters. The quantitative estimate of drug-likeness (QED) is 0.908. The molecule has 1 aliphatic rings. The second kappa shape index (κ2) is 6.79. The van der Waals surface area contributed by atoms with Crippen LogP contribution in [-0.2, 0) is 24.3 Å². The van der Waals surface area contributed by atoms with Crippen LogP contribution in [0.1, 0.15) is 45.0 Å². The van der Waals surface area contributed by atoms with Crippen molar-refractivity contribution in [1.82, 2.24) is 14.7 Å². The Kier molecular flexibility index (Phi) is 5.27. The molecule has 0 bridgehead atoms. The van der Waals surface area contributed by atoms with E-state index < -0.39 is 5.97 Å². The van der Waals surface area contributed by atoms with E-state index in [-0.39, 0.29) is 12.0 Å². The molecule has 0 aliphatic carbocycles. The highest BCUT2D eigenvalue weighted by molar-refractivity contribution is 6.31. The summed E-state index contributed by atoms with van der Waals surface area (Å²) in [5.41, 5.74) is 2.00. The van der Waals surface area contributed by atoms with Crippen LogP contribution >= 0.6 is 11.6 Å². The molecule has 118 valence electrons. The summed E-state index contributed by atoms with van der Waals surface area (Å²) in [5.74, 6) is -0.889. The van der Waals surface area contributed by atoms with Crippen LogP contribution in [0, 0.1) is 5.92 Å². The number of aromatic nitrogens is 2. The molecule has 1 aromatic rings. The van der Waals surface area contributed by atoms with Crippen LogP contribution in [0.3, 0.4) is 0 Å². The monoisotopic (exact) mass is 313 g/mol. The van der Waals surface area contributed by atoms with E-state index in [1.165, 1.54) is 0 Å². The predicted octanol–water partition coefficient (Wildman–Crippen LogP) is 2.80. The number of carboxylic acids is 1. The highest BCUT2D eigenvalue weighted by atomic mass is 35.5. The van der Waals surface area contributed by atoms with Gasteiger partial charge in [0.1, 0.15) is 0 Å². The van der Waals surface area contributed by atoms with Crippen molar-refractivity contribution in [2.75, 3.05) is 6.54 Å². The Morgan fingerprint density at radius 1 is 1.48 bits per heavy atom. The highest BCUT2D eigenvalue weighted by Crippen LogP contribution is 2.28. The average Bonchev–Trinajstić information content (AvgIpc) is 2.77. The van der Waals surface area contributed by atoms with Gasteiger partial charge in [-0.05, 0) is 39.7 Å². The maximum Gasteiger partial charge on any atom is 0.306 e. The van der Waals surface area contributed by atoms with Crippen molar-refractivity contribution >= 4 is 17.6 Å². The van der Waals surface area contributed by atoms with E-state index in [0.29, 0.717) is 12.8 Å². The lowest BCUT2D eigenvalue weighted by Gasteiger charge is -2.36. The Balaban J connectivity index is 2.12. The van der Waals surface area contributed by atoms with Gasteiger partial charge in [-0.2, -0.15) is 5.10 Å². The number of hydrogen-bond acceptors (Lipinski definition) is 3. The summed E-state index contributed by atoms with van der Waals surface area (Å²) in [6, 6.07) is 0.251. The minimum atomic E-state index is -0.675. The third kappa shape index (κ3) is 3.40. The second-order valence-corrected chi connectivity index (χ2v) is 6.13. The molecule has 0 amide bonds. The van der Waals surface area contributed by atoms with Crippen molar-refractivity contribution in [3.8, 4) is 0 Å². The molecule has 1 aliphatic heterocycles. The van der Waals surface area contributed by atoms with E-state index in [2.05, 4.69) is 30.8 Å². The summed E-state index contributed by atoms with van der Waals surface area (Å²) >= 11 is 6.45. The standard InChI is InChI=1S/C15H24ClN3O2/c1-4-12-14(16)13(19(5-2)17-12)9-18-7-6-11(15(20)21)8-10(18)3/h10-11H,4-9H2,1-3H3,(H,20,21). The maximum absolute atomic E-state index is 11.1. The van der Waals surface area contributed by atoms with Gasteiger partial charge in [0, 0.05) is 19.1 Å². The van der Waals surface area contributed by atoms with Crippen molar-refractivity contribution in [3.05, 3.63) is 16.4 Å². The van der Waals surface area contributed by atoms with Gasteiger partial charge in [-0.25, -0.2) is 0 Å².